The predicted molar refractivity (Wildman–Crippen MR) is 76.1 cm³/mol. The van der Waals surface area contributed by atoms with Gasteiger partial charge in [0.2, 0.25) is 0 Å². The average molecular weight is 261 g/mol. The van der Waals surface area contributed by atoms with E-state index in [0.717, 1.165) is 30.5 Å². The van der Waals surface area contributed by atoms with Crippen LogP contribution in [0.1, 0.15) is 32.3 Å². The van der Waals surface area contributed by atoms with Crippen molar-refractivity contribution >= 4 is 0 Å². The molecule has 3 heteroatoms. The van der Waals surface area contributed by atoms with Crippen LogP contribution < -0.4 is 14.8 Å². The molecule has 2 heterocycles. The highest BCUT2D eigenvalue weighted by atomic mass is 16.6. The van der Waals surface area contributed by atoms with E-state index in [4.69, 9.17) is 9.47 Å². The average Bonchev–Trinajstić information content (AvgIpc) is 2.47. The molecule has 0 spiro atoms. The number of hydrogen-bond donors (Lipinski definition) is 1. The summed E-state index contributed by atoms with van der Waals surface area (Å²) in [6, 6.07) is 6.44. The molecule has 3 rings (SSSR count). The zero-order chi connectivity index (χ0) is 13.3. The van der Waals surface area contributed by atoms with E-state index in [1.165, 1.54) is 18.4 Å². The summed E-state index contributed by atoms with van der Waals surface area (Å²) >= 11 is 0. The Morgan fingerprint density at radius 3 is 2.47 bits per heavy atom. The summed E-state index contributed by atoms with van der Waals surface area (Å²) in [6.45, 7) is 8.30. The first-order valence-electron chi connectivity index (χ1n) is 7.29. The highest BCUT2D eigenvalue weighted by Crippen LogP contribution is 2.41. The summed E-state index contributed by atoms with van der Waals surface area (Å²) in [5.74, 6) is 2.53. The van der Waals surface area contributed by atoms with Crippen LogP contribution in [-0.2, 0) is 5.41 Å². The monoisotopic (exact) mass is 261 g/mol. The van der Waals surface area contributed by atoms with E-state index in [1.807, 2.05) is 0 Å². The van der Waals surface area contributed by atoms with Crippen LogP contribution in [0, 0.1) is 5.92 Å². The molecule has 3 nitrogen and oxygen atoms in total. The maximum absolute atomic E-state index is 5.71. The maximum Gasteiger partial charge on any atom is 0.161 e. The number of hydrogen-bond acceptors (Lipinski definition) is 3. The van der Waals surface area contributed by atoms with Gasteiger partial charge in [0.25, 0.3) is 0 Å². The summed E-state index contributed by atoms with van der Waals surface area (Å²) in [4.78, 5) is 0. The second kappa shape index (κ2) is 5.04. The number of piperidine rings is 1. The molecule has 1 aromatic carbocycles. The number of benzene rings is 1. The fourth-order valence-corrected chi connectivity index (χ4v) is 3.22. The fraction of sp³-hybridized carbons (Fsp3) is 0.625. The number of fused-ring (bicyclic) bond motifs is 1. The summed E-state index contributed by atoms with van der Waals surface area (Å²) in [5.41, 5.74) is 1.56. The van der Waals surface area contributed by atoms with Crippen LogP contribution in [0.4, 0.5) is 0 Å². The standard InChI is InChI=1S/C16H23NO2/c1-16(2,12-5-7-17-8-6-12)13-3-4-14-15(11-13)19-10-9-18-14/h3-4,11-12,17H,5-10H2,1-2H3. The molecule has 0 bridgehead atoms. The fourth-order valence-electron chi connectivity index (χ4n) is 3.22. The van der Waals surface area contributed by atoms with Crippen LogP contribution in [0.2, 0.25) is 0 Å². The molecular weight excluding hydrogens is 238 g/mol. The minimum absolute atomic E-state index is 0.192. The molecule has 0 aromatic heterocycles. The van der Waals surface area contributed by atoms with Gasteiger partial charge in [0.15, 0.2) is 11.5 Å². The Morgan fingerprint density at radius 2 is 1.74 bits per heavy atom. The molecule has 0 radical (unpaired) electrons. The number of nitrogens with one attached hydrogen (secondary N) is 1. The second-order valence-corrected chi connectivity index (χ2v) is 6.10. The predicted octanol–water partition coefficient (Wildman–Crippen LogP) is 2.74. The van der Waals surface area contributed by atoms with Gasteiger partial charge in [-0.3, -0.25) is 0 Å². The first kappa shape index (κ1) is 12.8. The van der Waals surface area contributed by atoms with E-state index in [-0.39, 0.29) is 5.41 Å². The van der Waals surface area contributed by atoms with Crippen molar-refractivity contribution in [2.24, 2.45) is 5.92 Å². The molecule has 0 saturated carbocycles. The van der Waals surface area contributed by atoms with Crippen molar-refractivity contribution in [1.82, 2.24) is 5.32 Å². The summed E-state index contributed by atoms with van der Waals surface area (Å²) in [5, 5.41) is 3.44. The van der Waals surface area contributed by atoms with Gasteiger partial charge >= 0.3 is 0 Å². The second-order valence-electron chi connectivity index (χ2n) is 6.10. The van der Waals surface area contributed by atoms with Gasteiger partial charge in [-0.1, -0.05) is 19.9 Å². The Balaban J connectivity index is 1.87. The Labute approximate surface area is 115 Å². The van der Waals surface area contributed by atoms with Crippen LogP contribution in [0.3, 0.4) is 0 Å². The molecule has 0 atom stereocenters. The van der Waals surface area contributed by atoms with Crippen LogP contribution in [0.5, 0.6) is 11.5 Å². The molecular formula is C16H23NO2. The van der Waals surface area contributed by atoms with Crippen molar-refractivity contribution in [3.8, 4) is 11.5 Å². The lowest BCUT2D eigenvalue weighted by Crippen LogP contribution is -2.38. The quantitative estimate of drug-likeness (QED) is 0.888. The summed E-state index contributed by atoms with van der Waals surface area (Å²) < 4.78 is 11.3. The SMILES string of the molecule is CC(C)(c1ccc2c(c1)OCCO2)C1CCNCC1. The van der Waals surface area contributed by atoms with E-state index in [0.29, 0.717) is 13.2 Å². The lowest BCUT2D eigenvalue weighted by atomic mass is 9.69. The van der Waals surface area contributed by atoms with Crippen LogP contribution in [0.25, 0.3) is 0 Å². The molecule has 1 saturated heterocycles. The van der Waals surface area contributed by atoms with Crippen molar-refractivity contribution in [1.29, 1.82) is 0 Å². The summed E-state index contributed by atoms with van der Waals surface area (Å²) in [7, 11) is 0. The molecule has 1 N–H and O–H groups in total. The molecule has 2 aliphatic heterocycles. The zero-order valence-electron chi connectivity index (χ0n) is 11.9. The maximum atomic E-state index is 5.71. The van der Waals surface area contributed by atoms with Gasteiger partial charge in [-0.2, -0.15) is 0 Å². The lowest BCUT2D eigenvalue weighted by molar-refractivity contribution is 0.170. The third-order valence-electron chi connectivity index (χ3n) is 4.65. The molecule has 1 aromatic rings. The van der Waals surface area contributed by atoms with Gasteiger partial charge in [-0.05, 0) is 55.0 Å². The normalized spacial score (nSPS) is 20.3. The molecule has 0 amide bonds. The van der Waals surface area contributed by atoms with E-state index in [2.05, 4.69) is 37.4 Å². The first-order valence-corrected chi connectivity index (χ1v) is 7.29. The Kier molecular flexibility index (Phi) is 3.40. The molecule has 104 valence electrons. The highest BCUT2D eigenvalue weighted by Gasteiger charge is 2.33. The lowest BCUT2D eigenvalue weighted by Gasteiger charge is -2.38. The zero-order valence-corrected chi connectivity index (χ0v) is 11.9. The minimum Gasteiger partial charge on any atom is -0.486 e. The highest BCUT2D eigenvalue weighted by molar-refractivity contribution is 5.46. The molecule has 0 aliphatic carbocycles. The third-order valence-corrected chi connectivity index (χ3v) is 4.65. The minimum atomic E-state index is 0.192. The molecule has 19 heavy (non-hydrogen) atoms. The van der Waals surface area contributed by atoms with Gasteiger partial charge in [0, 0.05) is 0 Å². The van der Waals surface area contributed by atoms with Gasteiger partial charge in [-0.15, -0.1) is 0 Å². The van der Waals surface area contributed by atoms with Crippen LogP contribution in [0.15, 0.2) is 18.2 Å². The van der Waals surface area contributed by atoms with Crippen molar-refractivity contribution in [2.75, 3.05) is 26.3 Å². The van der Waals surface area contributed by atoms with Gasteiger partial charge < -0.3 is 14.8 Å². The third kappa shape index (κ3) is 2.44. The van der Waals surface area contributed by atoms with Gasteiger partial charge in [-0.25, -0.2) is 0 Å². The Bertz CT molecular complexity index is 450. The van der Waals surface area contributed by atoms with Crippen molar-refractivity contribution in [2.45, 2.75) is 32.1 Å². The van der Waals surface area contributed by atoms with E-state index in [9.17, 15) is 0 Å². The topological polar surface area (TPSA) is 30.5 Å². The van der Waals surface area contributed by atoms with E-state index >= 15 is 0 Å². The smallest absolute Gasteiger partial charge is 0.161 e. The molecule has 0 unspecified atom stereocenters. The van der Waals surface area contributed by atoms with E-state index in [1.54, 1.807) is 0 Å². The summed E-state index contributed by atoms with van der Waals surface area (Å²) in [6.07, 6.45) is 2.50. The van der Waals surface area contributed by atoms with Gasteiger partial charge in [0.1, 0.15) is 13.2 Å². The Hall–Kier alpha value is -1.22. The number of rotatable bonds is 2. The van der Waals surface area contributed by atoms with Crippen molar-refractivity contribution in [3.63, 3.8) is 0 Å². The first-order chi connectivity index (χ1) is 9.18. The van der Waals surface area contributed by atoms with Crippen molar-refractivity contribution < 1.29 is 9.47 Å². The van der Waals surface area contributed by atoms with Crippen LogP contribution in [-0.4, -0.2) is 26.3 Å². The molecule has 2 aliphatic rings. The Morgan fingerprint density at radius 1 is 1.05 bits per heavy atom. The number of ether oxygens (including phenoxy) is 2. The van der Waals surface area contributed by atoms with Gasteiger partial charge in [0.05, 0.1) is 0 Å². The van der Waals surface area contributed by atoms with Crippen molar-refractivity contribution in [3.05, 3.63) is 23.8 Å². The van der Waals surface area contributed by atoms with Crippen LogP contribution >= 0.6 is 0 Å². The molecule has 1 fully saturated rings. The van der Waals surface area contributed by atoms with E-state index < -0.39 is 0 Å². The largest absolute Gasteiger partial charge is 0.486 e.